The van der Waals surface area contributed by atoms with Gasteiger partial charge < -0.3 is 25.8 Å². The molecule has 0 saturated carbocycles. The molecule has 3 N–H and O–H groups in total. The molecule has 0 radical (unpaired) electrons. The van der Waals surface area contributed by atoms with E-state index < -0.39 is 59.7 Å². The van der Waals surface area contributed by atoms with Crippen molar-refractivity contribution in [3.05, 3.63) is 0 Å². The van der Waals surface area contributed by atoms with Gasteiger partial charge in [0.2, 0.25) is 29.5 Å². The van der Waals surface area contributed by atoms with Crippen LogP contribution in [-0.2, 0) is 24.0 Å². The Morgan fingerprint density at radius 3 is 1.41 bits per heavy atom. The highest BCUT2D eigenvalue weighted by Crippen LogP contribution is 2.08. The van der Waals surface area contributed by atoms with E-state index in [9.17, 15) is 24.0 Å². The quantitative estimate of drug-likeness (QED) is 0.455. The van der Waals surface area contributed by atoms with Crippen LogP contribution in [-0.4, -0.2) is 83.6 Å². The van der Waals surface area contributed by atoms with Gasteiger partial charge in [0, 0.05) is 14.1 Å². The Bertz CT molecular complexity index is 637. The van der Waals surface area contributed by atoms with Crippen molar-refractivity contribution in [3.8, 4) is 0 Å². The number of rotatable bonds is 0. The molecule has 0 aromatic rings. The van der Waals surface area contributed by atoms with Crippen molar-refractivity contribution in [1.82, 2.24) is 25.8 Å². The van der Waals surface area contributed by atoms with Crippen LogP contribution in [0, 0.1) is 0 Å². The molecule has 10 nitrogen and oxygen atoms in total. The number of nitrogens with one attached hydrogen (secondary N) is 3. The van der Waals surface area contributed by atoms with Crippen molar-refractivity contribution in [3.63, 3.8) is 0 Å². The van der Waals surface area contributed by atoms with Crippen molar-refractivity contribution in [2.75, 3.05) is 14.1 Å². The largest absolute Gasteiger partial charge is 0.343 e. The Morgan fingerprint density at radius 1 is 0.556 bits per heavy atom. The van der Waals surface area contributed by atoms with E-state index in [4.69, 9.17) is 0 Å². The van der Waals surface area contributed by atoms with Crippen LogP contribution in [0.1, 0.15) is 34.6 Å². The van der Waals surface area contributed by atoms with E-state index in [0.717, 1.165) is 0 Å². The Labute approximate surface area is 159 Å². The van der Waals surface area contributed by atoms with Crippen LogP contribution in [0.5, 0.6) is 0 Å². The van der Waals surface area contributed by atoms with Gasteiger partial charge in [-0.05, 0) is 34.6 Å². The van der Waals surface area contributed by atoms with E-state index >= 15 is 0 Å². The lowest BCUT2D eigenvalue weighted by Crippen LogP contribution is -2.56. The van der Waals surface area contributed by atoms with E-state index in [2.05, 4.69) is 16.0 Å². The first kappa shape index (κ1) is 22.4. The average molecular weight is 383 g/mol. The second-order valence-electron chi connectivity index (χ2n) is 6.94. The maximum absolute atomic E-state index is 12.6. The van der Waals surface area contributed by atoms with Crippen LogP contribution in [0.3, 0.4) is 0 Å². The zero-order valence-corrected chi connectivity index (χ0v) is 16.8. The standard InChI is InChI=1S/C17H29N5O5/c1-8-14(24)20-10(3)16(26)22(7)12(5)17(27)21(6)11(4)15(25)19-9(2)13(23)18-8/h8-12H,1-7H3,(H,18,23)(H,19,25)(H,20,24)/t8-,9+,10-,11-,12-/m0/s1. The summed E-state index contributed by atoms with van der Waals surface area (Å²) in [5.41, 5.74) is 0. The summed E-state index contributed by atoms with van der Waals surface area (Å²) in [4.78, 5) is 64.4. The molecule has 1 heterocycles. The van der Waals surface area contributed by atoms with Gasteiger partial charge in [0.25, 0.3) is 0 Å². The van der Waals surface area contributed by atoms with Gasteiger partial charge in [0.05, 0.1) is 0 Å². The minimum atomic E-state index is -0.901. The van der Waals surface area contributed by atoms with E-state index in [-0.39, 0.29) is 0 Å². The fourth-order valence-electron chi connectivity index (χ4n) is 2.53. The van der Waals surface area contributed by atoms with Gasteiger partial charge in [0.15, 0.2) is 0 Å². The van der Waals surface area contributed by atoms with Crippen molar-refractivity contribution >= 4 is 29.5 Å². The molecule has 1 rings (SSSR count). The summed E-state index contributed by atoms with van der Waals surface area (Å²) in [7, 11) is 2.91. The Kier molecular flexibility index (Phi) is 7.32. The molecule has 152 valence electrons. The van der Waals surface area contributed by atoms with Crippen molar-refractivity contribution in [2.45, 2.75) is 64.8 Å². The van der Waals surface area contributed by atoms with E-state index in [1.807, 2.05) is 0 Å². The van der Waals surface area contributed by atoms with E-state index in [0.29, 0.717) is 0 Å². The van der Waals surface area contributed by atoms with Crippen LogP contribution >= 0.6 is 0 Å². The first-order chi connectivity index (χ1) is 12.4. The second-order valence-corrected chi connectivity index (χ2v) is 6.94. The normalized spacial score (nSPS) is 32.3. The lowest BCUT2D eigenvalue weighted by molar-refractivity contribution is -0.147. The summed E-state index contributed by atoms with van der Waals surface area (Å²) < 4.78 is 0. The average Bonchev–Trinajstić information content (AvgIpc) is 2.62. The van der Waals surface area contributed by atoms with Crippen molar-refractivity contribution in [2.24, 2.45) is 0 Å². The lowest BCUT2D eigenvalue weighted by atomic mass is 10.1. The van der Waals surface area contributed by atoms with Crippen LogP contribution in [0.2, 0.25) is 0 Å². The number of hydrogen-bond donors (Lipinski definition) is 3. The number of nitrogens with zero attached hydrogens (tertiary/aromatic N) is 2. The molecule has 0 bridgehead atoms. The summed E-state index contributed by atoms with van der Waals surface area (Å²) in [6, 6.07) is -4.37. The molecule has 0 spiro atoms. The van der Waals surface area contributed by atoms with E-state index in [1.165, 1.54) is 51.6 Å². The molecule has 0 aromatic heterocycles. The van der Waals surface area contributed by atoms with Crippen LogP contribution in [0.15, 0.2) is 0 Å². The summed E-state index contributed by atoms with van der Waals surface area (Å²) in [5, 5.41) is 7.53. The molecule has 1 aliphatic heterocycles. The first-order valence-electron chi connectivity index (χ1n) is 8.82. The molecular formula is C17H29N5O5. The maximum atomic E-state index is 12.6. The molecule has 1 saturated heterocycles. The number of carbonyl (C=O) groups excluding carboxylic acids is 5. The molecule has 1 fully saturated rings. The molecule has 1 aliphatic rings. The topological polar surface area (TPSA) is 128 Å². The van der Waals surface area contributed by atoms with Gasteiger partial charge in [-0.2, -0.15) is 0 Å². The highest BCUT2D eigenvalue weighted by molar-refractivity contribution is 5.97. The molecule has 5 atom stereocenters. The Hall–Kier alpha value is -2.65. The zero-order chi connectivity index (χ0) is 21.0. The monoisotopic (exact) mass is 383 g/mol. The van der Waals surface area contributed by atoms with Crippen LogP contribution in [0.25, 0.3) is 0 Å². The number of amides is 5. The molecule has 10 heteroatoms. The number of likely N-dealkylation sites (N-methyl/N-ethyl adjacent to an activating group) is 2. The predicted molar refractivity (Wildman–Crippen MR) is 97.3 cm³/mol. The van der Waals surface area contributed by atoms with Gasteiger partial charge in [-0.3, -0.25) is 24.0 Å². The Morgan fingerprint density at radius 2 is 0.926 bits per heavy atom. The first-order valence-corrected chi connectivity index (χ1v) is 8.82. The van der Waals surface area contributed by atoms with Crippen LogP contribution in [0.4, 0.5) is 0 Å². The minimum absolute atomic E-state index is 0.438. The number of hydrogen-bond acceptors (Lipinski definition) is 5. The lowest BCUT2D eigenvalue weighted by Gasteiger charge is -2.32. The highest BCUT2D eigenvalue weighted by Gasteiger charge is 2.33. The molecule has 27 heavy (non-hydrogen) atoms. The van der Waals surface area contributed by atoms with Gasteiger partial charge in [-0.1, -0.05) is 0 Å². The maximum Gasteiger partial charge on any atom is 0.245 e. The fraction of sp³-hybridized carbons (Fsp3) is 0.706. The van der Waals surface area contributed by atoms with Gasteiger partial charge in [-0.15, -0.1) is 0 Å². The third kappa shape index (κ3) is 5.18. The van der Waals surface area contributed by atoms with Gasteiger partial charge in [0.1, 0.15) is 30.2 Å². The molecule has 5 amide bonds. The summed E-state index contributed by atoms with van der Waals surface area (Å²) >= 11 is 0. The Balaban J connectivity index is 3.20. The molecular weight excluding hydrogens is 354 g/mol. The second kappa shape index (κ2) is 8.83. The van der Waals surface area contributed by atoms with E-state index in [1.54, 1.807) is 6.92 Å². The third-order valence-corrected chi connectivity index (χ3v) is 4.83. The third-order valence-electron chi connectivity index (χ3n) is 4.83. The summed E-state index contributed by atoms with van der Waals surface area (Å²) in [6.45, 7) is 7.53. The summed E-state index contributed by atoms with van der Waals surface area (Å²) in [5.74, 6) is -2.51. The number of carbonyl (C=O) groups is 5. The molecule has 0 aliphatic carbocycles. The minimum Gasteiger partial charge on any atom is -0.343 e. The van der Waals surface area contributed by atoms with Crippen molar-refractivity contribution in [1.29, 1.82) is 0 Å². The molecule has 0 aromatic carbocycles. The molecule has 0 unspecified atom stereocenters. The predicted octanol–water partition coefficient (Wildman–Crippen LogP) is -1.79. The van der Waals surface area contributed by atoms with Crippen molar-refractivity contribution < 1.29 is 24.0 Å². The zero-order valence-electron chi connectivity index (χ0n) is 16.8. The smallest absolute Gasteiger partial charge is 0.245 e. The van der Waals surface area contributed by atoms with Gasteiger partial charge in [-0.25, -0.2) is 0 Å². The summed E-state index contributed by atoms with van der Waals surface area (Å²) in [6.07, 6.45) is 0. The SMILES string of the molecule is C[C@@H]1NC(=O)[C@@H](C)NC(=O)[C@H](C)N(C)C(=O)[C@H](C)N(C)C(=O)[C@H](C)NC1=O. The van der Waals surface area contributed by atoms with Gasteiger partial charge >= 0.3 is 0 Å². The highest BCUT2D eigenvalue weighted by atomic mass is 16.2. The van der Waals surface area contributed by atoms with Crippen LogP contribution < -0.4 is 16.0 Å². The fourth-order valence-corrected chi connectivity index (χ4v) is 2.53.